The van der Waals surface area contributed by atoms with Crippen LogP contribution in [0.25, 0.3) is 0 Å². The number of hydrogen-bond donors (Lipinski definition) is 1. The zero-order valence-corrected chi connectivity index (χ0v) is 20.5. The molecule has 5 rings (SSSR count). The van der Waals surface area contributed by atoms with Crippen LogP contribution in [0.1, 0.15) is 46.4 Å². The minimum Gasteiger partial charge on any atom is -0.494 e. The molecule has 0 spiro atoms. The zero-order chi connectivity index (χ0) is 25.5. The highest BCUT2D eigenvalue weighted by atomic mass is 16.5. The molecule has 0 fully saturated rings. The number of carbonyl (C=O) groups is 1. The summed E-state index contributed by atoms with van der Waals surface area (Å²) in [5.41, 5.74) is 8.22. The number of ether oxygens (including phenoxy) is 1. The molecular formula is C30H27N5O2. The van der Waals surface area contributed by atoms with E-state index in [4.69, 9.17) is 9.84 Å². The minimum absolute atomic E-state index is 0.0602. The molecular weight excluding hydrogens is 462 g/mol. The monoisotopic (exact) mass is 489 g/mol. The molecule has 1 aliphatic rings. The molecule has 1 aromatic heterocycles. The second-order valence-corrected chi connectivity index (χ2v) is 8.51. The van der Waals surface area contributed by atoms with E-state index in [0.29, 0.717) is 12.2 Å². The summed E-state index contributed by atoms with van der Waals surface area (Å²) in [4.78, 5) is 16.1. The van der Waals surface area contributed by atoms with Gasteiger partial charge in [-0.15, -0.1) is 0 Å². The number of carbonyl (C=O) groups excluding carboxylic acids is 1. The number of nitrogens with zero attached hydrogens (tertiary/aromatic N) is 4. The first-order valence-electron chi connectivity index (χ1n) is 12.2. The quantitative estimate of drug-likeness (QED) is 0.258. The van der Waals surface area contributed by atoms with E-state index in [1.54, 1.807) is 30.7 Å². The molecule has 1 unspecified atom stereocenters. The summed E-state index contributed by atoms with van der Waals surface area (Å²) in [6, 6.07) is 29.8. The van der Waals surface area contributed by atoms with Crippen molar-refractivity contribution >= 4 is 23.5 Å². The van der Waals surface area contributed by atoms with Gasteiger partial charge in [0, 0.05) is 24.4 Å². The molecule has 7 nitrogen and oxygen atoms in total. The number of amides is 1. The average Bonchev–Trinajstić information content (AvgIpc) is 3.40. The number of hydrogen-bond acceptors (Lipinski definition) is 6. The third-order valence-corrected chi connectivity index (χ3v) is 6.07. The minimum atomic E-state index is -0.284. The van der Waals surface area contributed by atoms with E-state index in [9.17, 15) is 4.79 Å². The Morgan fingerprint density at radius 1 is 1.00 bits per heavy atom. The van der Waals surface area contributed by atoms with Gasteiger partial charge >= 0.3 is 0 Å². The maximum absolute atomic E-state index is 12.2. The number of benzene rings is 3. The van der Waals surface area contributed by atoms with Gasteiger partial charge in [0.05, 0.1) is 30.3 Å². The fourth-order valence-corrected chi connectivity index (χ4v) is 4.21. The van der Waals surface area contributed by atoms with Crippen LogP contribution in [0.5, 0.6) is 5.75 Å². The first-order chi connectivity index (χ1) is 18.2. The summed E-state index contributed by atoms with van der Waals surface area (Å²) in [5.74, 6) is 0.577. The molecule has 0 radical (unpaired) electrons. The Morgan fingerprint density at radius 2 is 1.73 bits per heavy atom. The van der Waals surface area contributed by atoms with Crippen molar-refractivity contribution in [1.29, 1.82) is 0 Å². The standard InChI is InChI=1S/C30H27N5O2/c1-2-37-27-14-10-24(11-15-27)29-20-28(23-6-4-3-5-7-23)34-35(29)26-12-8-22(9-13-26)21-32-33-30(36)25-16-18-31-19-17-25/h3-19,21,29H,2,20H2,1H3,(H,33,36). The summed E-state index contributed by atoms with van der Waals surface area (Å²) in [6.07, 6.45) is 5.56. The predicted molar refractivity (Wildman–Crippen MR) is 146 cm³/mol. The van der Waals surface area contributed by atoms with Gasteiger partial charge in [-0.3, -0.25) is 14.8 Å². The summed E-state index contributed by atoms with van der Waals surface area (Å²) in [6.45, 7) is 2.62. The van der Waals surface area contributed by atoms with Crippen LogP contribution >= 0.6 is 0 Å². The van der Waals surface area contributed by atoms with Crippen molar-refractivity contribution in [3.63, 3.8) is 0 Å². The number of hydrazone groups is 2. The van der Waals surface area contributed by atoms with E-state index in [1.165, 1.54) is 5.56 Å². The lowest BCUT2D eigenvalue weighted by molar-refractivity contribution is 0.0955. The normalized spacial score (nSPS) is 15.0. The maximum Gasteiger partial charge on any atom is 0.271 e. The Balaban J connectivity index is 1.35. The predicted octanol–water partition coefficient (Wildman–Crippen LogP) is 5.60. The van der Waals surface area contributed by atoms with Crippen molar-refractivity contribution in [3.05, 3.63) is 126 Å². The molecule has 0 saturated heterocycles. The number of aromatic nitrogens is 1. The number of anilines is 1. The molecule has 0 aliphatic carbocycles. The first-order valence-corrected chi connectivity index (χ1v) is 12.2. The van der Waals surface area contributed by atoms with Crippen molar-refractivity contribution in [3.8, 4) is 5.75 Å². The Kier molecular flexibility index (Phi) is 7.31. The van der Waals surface area contributed by atoms with Gasteiger partial charge in [0.1, 0.15) is 5.75 Å². The smallest absolute Gasteiger partial charge is 0.271 e. The summed E-state index contributed by atoms with van der Waals surface area (Å²) in [7, 11) is 0. The van der Waals surface area contributed by atoms with Crippen LogP contribution in [0.15, 0.2) is 114 Å². The van der Waals surface area contributed by atoms with Crippen LogP contribution in [0, 0.1) is 0 Å². The fraction of sp³-hybridized carbons (Fsp3) is 0.133. The molecule has 1 N–H and O–H groups in total. The third-order valence-electron chi connectivity index (χ3n) is 6.07. The highest BCUT2D eigenvalue weighted by molar-refractivity contribution is 6.03. The van der Waals surface area contributed by atoms with E-state index in [2.05, 4.69) is 44.8 Å². The molecule has 184 valence electrons. The molecule has 0 bridgehead atoms. The van der Waals surface area contributed by atoms with Crippen LogP contribution in [-0.2, 0) is 0 Å². The number of rotatable bonds is 8. The molecule has 2 heterocycles. The Hall–Kier alpha value is -4.78. The van der Waals surface area contributed by atoms with E-state index < -0.39 is 0 Å². The van der Waals surface area contributed by atoms with Gasteiger partial charge in [-0.2, -0.15) is 10.2 Å². The van der Waals surface area contributed by atoms with Gasteiger partial charge in [-0.25, -0.2) is 5.43 Å². The van der Waals surface area contributed by atoms with E-state index in [1.807, 2.05) is 61.5 Å². The van der Waals surface area contributed by atoms with E-state index in [0.717, 1.165) is 34.7 Å². The lowest BCUT2D eigenvalue weighted by atomic mass is 9.98. The van der Waals surface area contributed by atoms with Crippen molar-refractivity contribution in [2.24, 2.45) is 10.2 Å². The molecule has 3 aromatic carbocycles. The Bertz CT molecular complexity index is 1390. The molecule has 0 saturated carbocycles. The lowest BCUT2D eigenvalue weighted by Crippen LogP contribution is -2.18. The number of pyridine rings is 1. The van der Waals surface area contributed by atoms with E-state index >= 15 is 0 Å². The van der Waals surface area contributed by atoms with Crippen LogP contribution < -0.4 is 15.2 Å². The largest absolute Gasteiger partial charge is 0.494 e. The van der Waals surface area contributed by atoms with Crippen LogP contribution in [-0.4, -0.2) is 29.4 Å². The Morgan fingerprint density at radius 3 is 2.43 bits per heavy atom. The maximum atomic E-state index is 12.2. The molecule has 37 heavy (non-hydrogen) atoms. The van der Waals surface area contributed by atoms with Gasteiger partial charge in [-0.05, 0) is 60.0 Å². The van der Waals surface area contributed by atoms with Gasteiger partial charge in [0.25, 0.3) is 5.91 Å². The van der Waals surface area contributed by atoms with Crippen LogP contribution in [0.3, 0.4) is 0 Å². The molecule has 1 amide bonds. The second kappa shape index (κ2) is 11.3. The Labute approximate surface area is 216 Å². The summed E-state index contributed by atoms with van der Waals surface area (Å²) in [5, 5.41) is 11.2. The average molecular weight is 490 g/mol. The van der Waals surface area contributed by atoms with Gasteiger partial charge in [-0.1, -0.05) is 54.6 Å². The van der Waals surface area contributed by atoms with Gasteiger partial charge in [0.2, 0.25) is 0 Å². The highest BCUT2D eigenvalue weighted by Gasteiger charge is 2.29. The second-order valence-electron chi connectivity index (χ2n) is 8.51. The summed E-state index contributed by atoms with van der Waals surface area (Å²) < 4.78 is 5.63. The van der Waals surface area contributed by atoms with E-state index in [-0.39, 0.29) is 11.9 Å². The molecule has 7 heteroatoms. The SMILES string of the molecule is CCOc1ccc(C2CC(c3ccccc3)=NN2c2ccc(C=NNC(=O)c3ccncc3)cc2)cc1. The fourth-order valence-electron chi connectivity index (χ4n) is 4.21. The number of nitrogens with one attached hydrogen (secondary N) is 1. The van der Waals surface area contributed by atoms with Crippen molar-refractivity contribution < 1.29 is 9.53 Å². The zero-order valence-electron chi connectivity index (χ0n) is 20.5. The van der Waals surface area contributed by atoms with Gasteiger partial charge < -0.3 is 4.74 Å². The molecule has 4 aromatic rings. The van der Waals surface area contributed by atoms with Crippen molar-refractivity contribution in [2.75, 3.05) is 11.6 Å². The van der Waals surface area contributed by atoms with Crippen LogP contribution in [0.4, 0.5) is 5.69 Å². The molecule has 1 atom stereocenters. The van der Waals surface area contributed by atoms with Crippen molar-refractivity contribution in [1.82, 2.24) is 10.4 Å². The third kappa shape index (κ3) is 5.73. The van der Waals surface area contributed by atoms with Gasteiger partial charge in [0.15, 0.2) is 0 Å². The topological polar surface area (TPSA) is 79.2 Å². The van der Waals surface area contributed by atoms with Crippen molar-refractivity contribution in [2.45, 2.75) is 19.4 Å². The lowest BCUT2D eigenvalue weighted by Gasteiger charge is -2.24. The highest BCUT2D eigenvalue weighted by Crippen LogP contribution is 2.37. The summed E-state index contributed by atoms with van der Waals surface area (Å²) >= 11 is 0. The molecule has 1 aliphatic heterocycles. The first kappa shape index (κ1) is 23.9. The van der Waals surface area contributed by atoms with Crippen LogP contribution in [0.2, 0.25) is 0 Å².